The molecule has 1 unspecified atom stereocenters. The van der Waals surface area contributed by atoms with Gasteiger partial charge >= 0.3 is 0 Å². The molecule has 0 amide bonds. The standard InChI is InChI=1S/C15H14ClN3/c1-10-7-14(9-18-15(10)16)19-11(2)13-5-3-12(8-17)4-6-13/h3-7,9,11,19H,1-2H3. The van der Waals surface area contributed by atoms with Crippen LogP contribution in [0.4, 0.5) is 5.69 Å². The molecule has 1 atom stereocenters. The lowest BCUT2D eigenvalue weighted by Gasteiger charge is -2.16. The number of aryl methyl sites for hydroxylation is 1. The number of rotatable bonds is 3. The largest absolute Gasteiger partial charge is 0.377 e. The van der Waals surface area contributed by atoms with Gasteiger partial charge in [0.15, 0.2) is 0 Å². The Labute approximate surface area is 117 Å². The summed E-state index contributed by atoms with van der Waals surface area (Å²) in [7, 11) is 0. The van der Waals surface area contributed by atoms with Crippen molar-refractivity contribution in [2.45, 2.75) is 19.9 Å². The van der Waals surface area contributed by atoms with E-state index in [1.54, 1.807) is 6.20 Å². The number of anilines is 1. The van der Waals surface area contributed by atoms with Gasteiger partial charge in [0, 0.05) is 6.04 Å². The molecule has 0 radical (unpaired) electrons. The second kappa shape index (κ2) is 5.73. The third-order valence-corrected chi connectivity index (χ3v) is 3.33. The van der Waals surface area contributed by atoms with Crippen molar-refractivity contribution in [3.63, 3.8) is 0 Å². The Bertz CT molecular complexity index is 614. The van der Waals surface area contributed by atoms with Crippen molar-refractivity contribution in [3.8, 4) is 6.07 Å². The minimum atomic E-state index is 0.134. The molecule has 1 aromatic carbocycles. The number of halogens is 1. The molecule has 0 aliphatic rings. The van der Waals surface area contributed by atoms with Gasteiger partial charge in [0.05, 0.1) is 23.5 Å². The highest BCUT2D eigenvalue weighted by Crippen LogP contribution is 2.22. The van der Waals surface area contributed by atoms with E-state index in [1.807, 2.05) is 37.3 Å². The molecule has 0 fully saturated rings. The molecular weight excluding hydrogens is 258 g/mol. The van der Waals surface area contributed by atoms with Crippen LogP contribution in [0, 0.1) is 18.3 Å². The first-order chi connectivity index (χ1) is 9.10. The first kappa shape index (κ1) is 13.4. The second-order valence-corrected chi connectivity index (χ2v) is 4.79. The summed E-state index contributed by atoms with van der Waals surface area (Å²) in [6.07, 6.45) is 1.72. The van der Waals surface area contributed by atoms with E-state index >= 15 is 0 Å². The fraction of sp³-hybridized carbons (Fsp3) is 0.200. The number of hydrogen-bond donors (Lipinski definition) is 1. The molecule has 0 spiro atoms. The highest BCUT2D eigenvalue weighted by atomic mass is 35.5. The Morgan fingerprint density at radius 2 is 2.00 bits per heavy atom. The molecule has 4 heteroatoms. The highest BCUT2D eigenvalue weighted by molar-refractivity contribution is 6.30. The van der Waals surface area contributed by atoms with Crippen molar-refractivity contribution >= 4 is 17.3 Å². The van der Waals surface area contributed by atoms with Gasteiger partial charge < -0.3 is 5.32 Å². The van der Waals surface area contributed by atoms with Crippen molar-refractivity contribution in [1.82, 2.24) is 4.98 Å². The first-order valence-corrected chi connectivity index (χ1v) is 6.36. The van der Waals surface area contributed by atoms with Crippen LogP contribution >= 0.6 is 11.6 Å². The Morgan fingerprint density at radius 1 is 1.32 bits per heavy atom. The molecule has 2 aromatic rings. The van der Waals surface area contributed by atoms with Crippen LogP contribution in [0.3, 0.4) is 0 Å². The van der Waals surface area contributed by atoms with Gasteiger partial charge in [-0.2, -0.15) is 5.26 Å². The summed E-state index contributed by atoms with van der Waals surface area (Å²) in [6, 6.07) is 11.8. The van der Waals surface area contributed by atoms with Gasteiger partial charge in [-0.25, -0.2) is 4.98 Å². The van der Waals surface area contributed by atoms with E-state index in [0.717, 1.165) is 16.8 Å². The third kappa shape index (κ3) is 3.24. The van der Waals surface area contributed by atoms with Crippen molar-refractivity contribution in [2.24, 2.45) is 0 Å². The van der Waals surface area contributed by atoms with Crippen molar-refractivity contribution in [2.75, 3.05) is 5.32 Å². The predicted octanol–water partition coefficient (Wildman–Crippen LogP) is 4.09. The van der Waals surface area contributed by atoms with E-state index in [1.165, 1.54) is 0 Å². The zero-order valence-corrected chi connectivity index (χ0v) is 11.6. The molecule has 0 bridgehead atoms. The second-order valence-electron chi connectivity index (χ2n) is 4.43. The van der Waals surface area contributed by atoms with E-state index in [4.69, 9.17) is 16.9 Å². The number of nitrogens with zero attached hydrogens (tertiary/aromatic N) is 2. The van der Waals surface area contributed by atoms with Crippen molar-refractivity contribution in [1.29, 1.82) is 5.26 Å². The molecule has 2 rings (SSSR count). The number of nitrogens with one attached hydrogen (secondary N) is 1. The maximum absolute atomic E-state index is 8.77. The van der Waals surface area contributed by atoms with Gasteiger partial charge in [-0.15, -0.1) is 0 Å². The zero-order valence-electron chi connectivity index (χ0n) is 10.8. The normalized spacial score (nSPS) is 11.7. The molecule has 1 aromatic heterocycles. The van der Waals surface area contributed by atoms with Gasteiger partial charge in [-0.05, 0) is 43.2 Å². The maximum Gasteiger partial charge on any atom is 0.132 e. The van der Waals surface area contributed by atoms with Crippen LogP contribution in [0.25, 0.3) is 0 Å². The van der Waals surface area contributed by atoms with Crippen LogP contribution in [-0.4, -0.2) is 4.98 Å². The van der Waals surface area contributed by atoms with Crippen LogP contribution in [-0.2, 0) is 0 Å². The van der Waals surface area contributed by atoms with Crippen molar-refractivity contribution < 1.29 is 0 Å². The smallest absolute Gasteiger partial charge is 0.132 e. The molecule has 1 heterocycles. The number of nitriles is 1. The van der Waals surface area contributed by atoms with Crippen LogP contribution in [0.1, 0.15) is 29.7 Å². The lowest BCUT2D eigenvalue weighted by molar-refractivity contribution is 0.882. The lowest BCUT2D eigenvalue weighted by Crippen LogP contribution is -2.07. The molecule has 96 valence electrons. The Hall–Kier alpha value is -2.05. The topological polar surface area (TPSA) is 48.7 Å². The minimum Gasteiger partial charge on any atom is -0.377 e. The summed E-state index contributed by atoms with van der Waals surface area (Å²) in [6.45, 7) is 3.98. The van der Waals surface area contributed by atoms with E-state index in [-0.39, 0.29) is 6.04 Å². The summed E-state index contributed by atoms with van der Waals surface area (Å²) in [5, 5.41) is 12.7. The van der Waals surface area contributed by atoms with E-state index < -0.39 is 0 Å². The van der Waals surface area contributed by atoms with Crippen LogP contribution in [0.5, 0.6) is 0 Å². The molecule has 0 saturated heterocycles. The van der Waals surface area contributed by atoms with E-state index in [9.17, 15) is 0 Å². The molecule has 0 aliphatic heterocycles. The fourth-order valence-electron chi connectivity index (χ4n) is 1.82. The van der Waals surface area contributed by atoms with Crippen LogP contribution < -0.4 is 5.32 Å². The number of hydrogen-bond acceptors (Lipinski definition) is 3. The molecular formula is C15H14ClN3. The fourth-order valence-corrected chi connectivity index (χ4v) is 1.92. The predicted molar refractivity (Wildman–Crippen MR) is 77.2 cm³/mol. The average molecular weight is 272 g/mol. The number of aromatic nitrogens is 1. The molecule has 0 aliphatic carbocycles. The summed E-state index contributed by atoms with van der Waals surface area (Å²) < 4.78 is 0. The Balaban J connectivity index is 2.13. The van der Waals surface area contributed by atoms with Gasteiger partial charge in [0.25, 0.3) is 0 Å². The third-order valence-electron chi connectivity index (χ3n) is 2.94. The molecule has 1 N–H and O–H groups in total. The zero-order chi connectivity index (χ0) is 13.8. The van der Waals surface area contributed by atoms with Gasteiger partial charge in [-0.1, -0.05) is 23.7 Å². The van der Waals surface area contributed by atoms with Gasteiger partial charge in [0.1, 0.15) is 5.15 Å². The molecule has 19 heavy (non-hydrogen) atoms. The van der Waals surface area contributed by atoms with E-state index in [0.29, 0.717) is 10.7 Å². The first-order valence-electron chi connectivity index (χ1n) is 5.99. The summed E-state index contributed by atoms with van der Waals surface area (Å²) in [4.78, 5) is 4.11. The molecule has 0 saturated carbocycles. The molecule has 3 nitrogen and oxygen atoms in total. The Kier molecular flexibility index (Phi) is 4.03. The number of pyridine rings is 1. The van der Waals surface area contributed by atoms with Crippen LogP contribution in [0.15, 0.2) is 36.5 Å². The Morgan fingerprint density at radius 3 is 2.58 bits per heavy atom. The van der Waals surface area contributed by atoms with Crippen molar-refractivity contribution in [3.05, 3.63) is 58.4 Å². The highest BCUT2D eigenvalue weighted by Gasteiger charge is 2.06. The van der Waals surface area contributed by atoms with Gasteiger partial charge in [-0.3, -0.25) is 0 Å². The number of benzene rings is 1. The maximum atomic E-state index is 8.77. The summed E-state index contributed by atoms with van der Waals surface area (Å²) in [5.74, 6) is 0. The monoisotopic (exact) mass is 271 g/mol. The SMILES string of the molecule is Cc1cc(NC(C)c2ccc(C#N)cc2)cnc1Cl. The summed E-state index contributed by atoms with van der Waals surface area (Å²) in [5.41, 5.74) is 3.66. The van der Waals surface area contributed by atoms with Crippen LogP contribution in [0.2, 0.25) is 5.15 Å². The lowest BCUT2D eigenvalue weighted by atomic mass is 10.1. The van der Waals surface area contributed by atoms with Gasteiger partial charge in [0.2, 0.25) is 0 Å². The quantitative estimate of drug-likeness (QED) is 0.856. The minimum absolute atomic E-state index is 0.134. The summed E-state index contributed by atoms with van der Waals surface area (Å²) >= 11 is 5.90. The average Bonchev–Trinajstić information content (AvgIpc) is 2.43. The van der Waals surface area contributed by atoms with E-state index in [2.05, 4.69) is 23.3 Å².